The van der Waals surface area contributed by atoms with Gasteiger partial charge in [0.25, 0.3) is 0 Å². The normalized spacial score (nSPS) is 13.7. The van der Waals surface area contributed by atoms with Crippen LogP contribution in [-0.4, -0.2) is 0 Å². The average Bonchev–Trinajstić information content (AvgIpc) is 4.02. The molecule has 0 unspecified atom stereocenters. The van der Waals surface area contributed by atoms with E-state index in [4.69, 9.17) is 0 Å². The lowest BCUT2D eigenvalue weighted by Gasteiger charge is -2.36. The van der Waals surface area contributed by atoms with Crippen molar-refractivity contribution in [1.29, 1.82) is 0 Å². The number of nitrogens with zero attached hydrogens (tertiary/aromatic N) is 1. The van der Waals surface area contributed by atoms with Gasteiger partial charge in [-0.2, -0.15) is 0 Å². The van der Waals surface area contributed by atoms with Crippen LogP contribution in [0.15, 0.2) is 273 Å². The Balaban J connectivity index is 1.02. The molecule has 1 heteroatoms. The SMILES string of the molecule is c1ccc(-c2ccc(-c3ccc(N(c4ccc5c(c4)-c4ccccc4C5(c4ccccc4)c4ccccc4)c4cccc5c4C4(c6ccccc6-c6ccccc64)c4ccccc4-5)cc3)cc2)cc1. The molecule has 69 heavy (non-hydrogen) atoms. The van der Waals surface area contributed by atoms with Crippen molar-refractivity contribution in [2.75, 3.05) is 4.90 Å². The van der Waals surface area contributed by atoms with E-state index in [2.05, 4.69) is 278 Å². The minimum atomic E-state index is -0.534. The highest BCUT2D eigenvalue weighted by Gasteiger charge is 2.53. The molecule has 0 saturated carbocycles. The summed E-state index contributed by atoms with van der Waals surface area (Å²) in [5, 5.41) is 0. The van der Waals surface area contributed by atoms with Gasteiger partial charge in [-0.25, -0.2) is 0 Å². The van der Waals surface area contributed by atoms with E-state index < -0.39 is 10.8 Å². The molecule has 0 atom stereocenters. The van der Waals surface area contributed by atoms with Gasteiger partial charge in [-0.3, -0.25) is 0 Å². The van der Waals surface area contributed by atoms with Crippen molar-refractivity contribution >= 4 is 17.1 Å². The molecule has 14 rings (SSSR count). The fourth-order valence-electron chi connectivity index (χ4n) is 12.6. The summed E-state index contributed by atoms with van der Waals surface area (Å²) < 4.78 is 0. The summed E-state index contributed by atoms with van der Waals surface area (Å²) >= 11 is 0. The zero-order chi connectivity index (χ0) is 45.5. The topological polar surface area (TPSA) is 3.24 Å². The molecule has 0 fully saturated rings. The van der Waals surface area contributed by atoms with Gasteiger partial charge in [-0.05, 0) is 125 Å². The first-order chi connectivity index (χ1) is 34.2. The second-order valence-corrected chi connectivity index (χ2v) is 18.7. The molecule has 1 nitrogen and oxygen atoms in total. The number of hydrogen-bond acceptors (Lipinski definition) is 1. The number of benzene rings is 11. The van der Waals surface area contributed by atoms with Gasteiger partial charge < -0.3 is 4.90 Å². The maximum absolute atomic E-state index is 2.55. The molecule has 0 radical (unpaired) electrons. The lowest BCUT2D eigenvalue weighted by molar-refractivity contribution is 0.768. The van der Waals surface area contributed by atoms with Crippen LogP contribution in [-0.2, 0) is 10.8 Å². The van der Waals surface area contributed by atoms with Crippen LogP contribution in [0.3, 0.4) is 0 Å². The van der Waals surface area contributed by atoms with E-state index in [1.54, 1.807) is 0 Å². The summed E-state index contributed by atoms with van der Waals surface area (Å²) in [7, 11) is 0. The second kappa shape index (κ2) is 15.4. The molecule has 0 aromatic heterocycles. The Hall–Kier alpha value is -8.78. The predicted molar refractivity (Wildman–Crippen MR) is 286 cm³/mol. The molecular weight excluding hydrogens is 831 g/mol. The van der Waals surface area contributed by atoms with Gasteiger partial charge in [0.15, 0.2) is 0 Å². The smallest absolute Gasteiger partial charge is 0.0746 e. The first-order valence-electron chi connectivity index (χ1n) is 24.1. The zero-order valence-corrected chi connectivity index (χ0v) is 37.9. The Kier molecular flexibility index (Phi) is 8.78. The lowest BCUT2D eigenvalue weighted by atomic mass is 9.68. The van der Waals surface area contributed by atoms with Gasteiger partial charge in [0.2, 0.25) is 0 Å². The third-order valence-electron chi connectivity index (χ3n) is 15.4. The summed E-state index contributed by atoms with van der Waals surface area (Å²) in [6.45, 7) is 0. The third-order valence-corrected chi connectivity index (χ3v) is 15.4. The highest BCUT2D eigenvalue weighted by molar-refractivity contribution is 6.00. The second-order valence-electron chi connectivity index (χ2n) is 18.7. The standard InChI is InChI=1S/C68H45N/c1-4-19-46(20-5-1)47-35-37-48(38-36-47)49-39-41-52(42-40-49)69(53-43-44-64-59(45-53)57-28-13-14-30-60(57)67(64,50-21-6-2-7-22-50)51-23-8-3-9-24-51)65-34-18-29-58-56-27-12-17-33-63(56)68(66(58)65)61-31-15-10-25-54(61)55-26-11-16-32-62(55)68/h1-45H. The van der Waals surface area contributed by atoms with Gasteiger partial charge in [-0.15, -0.1) is 0 Å². The molecule has 11 aromatic rings. The van der Waals surface area contributed by atoms with Crippen LogP contribution < -0.4 is 4.90 Å². The highest BCUT2D eigenvalue weighted by atomic mass is 15.1. The number of hydrogen-bond donors (Lipinski definition) is 0. The van der Waals surface area contributed by atoms with Crippen LogP contribution in [0.4, 0.5) is 17.1 Å². The van der Waals surface area contributed by atoms with Crippen LogP contribution in [0.5, 0.6) is 0 Å². The minimum absolute atomic E-state index is 0.494. The van der Waals surface area contributed by atoms with Crippen molar-refractivity contribution in [3.63, 3.8) is 0 Å². The van der Waals surface area contributed by atoms with Crippen molar-refractivity contribution in [2.45, 2.75) is 10.8 Å². The molecule has 1 spiro atoms. The molecule has 0 bridgehead atoms. The molecule has 3 aliphatic carbocycles. The van der Waals surface area contributed by atoms with Gasteiger partial charge in [0.1, 0.15) is 0 Å². The monoisotopic (exact) mass is 875 g/mol. The molecular formula is C68H45N. The number of anilines is 3. The Morgan fingerprint density at radius 3 is 1.12 bits per heavy atom. The van der Waals surface area contributed by atoms with E-state index in [0.717, 1.165) is 11.4 Å². The molecule has 3 aliphatic rings. The first kappa shape index (κ1) is 39.4. The summed E-state index contributed by atoms with van der Waals surface area (Å²) in [5.74, 6) is 0. The average molecular weight is 876 g/mol. The van der Waals surface area contributed by atoms with Crippen molar-refractivity contribution in [1.82, 2.24) is 0 Å². The summed E-state index contributed by atoms with van der Waals surface area (Å²) in [6, 6.07) is 102. The quantitative estimate of drug-likeness (QED) is 0.154. The Morgan fingerprint density at radius 2 is 0.594 bits per heavy atom. The minimum Gasteiger partial charge on any atom is -0.310 e. The molecule has 11 aromatic carbocycles. The van der Waals surface area contributed by atoms with Crippen LogP contribution in [0.1, 0.15) is 44.5 Å². The largest absolute Gasteiger partial charge is 0.310 e. The van der Waals surface area contributed by atoms with Crippen molar-refractivity contribution < 1.29 is 0 Å². The summed E-state index contributed by atoms with van der Waals surface area (Å²) in [6.07, 6.45) is 0. The van der Waals surface area contributed by atoms with Gasteiger partial charge in [-0.1, -0.05) is 243 Å². The van der Waals surface area contributed by atoms with Crippen LogP contribution in [0.25, 0.3) is 55.6 Å². The summed E-state index contributed by atoms with van der Waals surface area (Å²) in [4.78, 5) is 2.55. The fraction of sp³-hybridized carbons (Fsp3) is 0.0294. The van der Waals surface area contributed by atoms with Crippen molar-refractivity contribution in [3.05, 3.63) is 317 Å². The van der Waals surface area contributed by atoms with Crippen molar-refractivity contribution in [2.24, 2.45) is 0 Å². The zero-order valence-electron chi connectivity index (χ0n) is 37.9. The Bertz CT molecular complexity index is 3650. The number of fused-ring (bicyclic) bond motifs is 13. The van der Waals surface area contributed by atoms with Gasteiger partial charge >= 0.3 is 0 Å². The van der Waals surface area contributed by atoms with Crippen LogP contribution in [0.2, 0.25) is 0 Å². The molecule has 0 N–H and O–H groups in total. The van der Waals surface area contributed by atoms with Crippen LogP contribution >= 0.6 is 0 Å². The Labute approximate surface area is 403 Å². The lowest BCUT2D eigenvalue weighted by Crippen LogP contribution is -2.29. The van der Waals surface area contributed by atoms with E-state index in [1.165, 1.54) is 106 Å². The number of rotatable bonds is 7. The van der Waals surface area contributed by atoms with E-state index in [0.29, 0.717) is 0 Å². The van der Waals surface area contributed by atoms with E-state index >= 15 is 0 Å². The molecule has 0 saturated heterocycles. The molecule has 0 heterocycles. The van der Waals surface area contributed by atoms with E-state index in [-0.39, 0.29) is 0 Å². The molecule has 0 amide bonds. The van der Waals surface area contributed by atoms with Crippen molar-refractivity contribution in [3.8, 4) is 55.6 Å². The van der Waals surface area contributed by atoms with E-state index in [1.807, 2.05) is 0 Å². The summed E-state index contributed by atoms with van der Waals surface area (Å²) in [5.41, 5.74) is 25.2. The van der Waals surface area contributed by atoms with E-state index in [9.17, 15) is 0 Å². The predicted octanol–water partition coefficient (Wildman–Crippen LogP) is 17.2. The fourth-order valence-corrected chi connectivity index (χ4v) is 12.6. The van der Waals surface area contributed by atoms with Gasteiger partial charge in [0, 0.05) is 16.9 Å². The molecule has 322 valence electrons. The Morgan fingerprint density at radius 1 is 0.232 bits per heavy atom. The highest BCUT2D eigenvalue weighted by Crippen LogP contribution is 2.66. The van der Waals surface area contributed by atoms with Gasteiger partial charge in [0.05, 0.1) is 16.5 Å². The third kappa shape index (κ3) is 5.59. The maximum Gasteiger partial charge on any atom is 0.0746 e. The maximum atomic E-state index is 2.55. The molecule has 0 aliphatic heterocycles. The first-order valence-corrected chi connectivity index (χ1v) is 24.1. The van der Waals surface area contributed by atoms with Crippen LogP contribution in [0, 0.1) is 0 Å².